The zero-order valence-corrected chi connectivity index (χ0v) is 52.7. The normalized spacial score (nSPS) is 12.2. The van der Waals surface area contributed by atoms with Crippen molar-refractivity contribution < 1.29 is 28.6 Å². The van der Waals surface area contributed by atoms with Crippen LogP contribution in [0.1, 0.15) is 387 Å². The van der Waals surface area contributed by atoms with Crippen molar-refractivity contribution in [2.24, 2.45) is 0 Å². The third-order valence-corrected chi connectivity index (χ3v) is 15.9. The van der Waals surface area contributed by atoms with Crippen molar-refractivity contribution in [2.45, 2.75) is 393 Å². The van der Waals surface area contributed by atoms with Crippen LogP contribution in [0.5, 0.6) is 0 Å². The minimum Gasteiger partial charge on any atom is -0.462 e. The van der Waals surface area contributed by atoms with Crippen LogP contribution < -0.4 is 0 Å². The van der Waals surface area contributed by atoms with Gasteiger partial charge in [-0.1, -0.05) is 327 Å². The lowest BCUT2D eigenvalue weighted by atomic mass is 10.0. The van der Waals surface area contributed by atoms with Crippen molar-refractivity contribution in [3.05, 3.63) is 36.5 Å². The lowest BCUT2D eigenvalue weighted by Gasteiger charge is -2.18. The fourth-order valence-electron chi connectivity index (χ4n) is 10.6. The second-order valence-electron chi connectivity index (χ2n) is 23.8. The van der Waals surface area contributed by atoms with E-state index in [0.717, 1.165) is 64.2 Å². The summed E-state index contributed by atoms with van der Waals surface area (Å²) in [6.07, 6.45) is 83.1. The molecule has 1 atom stereocenters. The number of unbranched alkanes of at least 4 members (excludes halogenated alkanes) is 48. The molecule has 0 saturated heterocycles. The standard InChI is InChI=1S/C72H134O6/c1-4-7-10-13-16-19-22-25-28-30-32-33-34-35-36-37-38-39-41-42-44-47-50-53-56-59-62-65-71(74)77-68-69(67-76-70(73)64-61-58-55-52-49-46-27-24-21-18-15-12-9-6-3)78-72(75)66-63-60-57-54-51-48-45-43-40-31-29-26-23-20-17-14-11-8-5-2/h22,25-26,29-30,32,69H,4-21,23-24,27-28,31,33-68H2,1-3H3/b25-22-,29-26-,32-30-. The minimum absolute atomic E-state index is 0.0672. The van der Waals surface area contributed by atoms with Crippen LogP contribution in [-0.4, -0.2) is 37.2 Å². The number of allylic oxidation sites excluding steroid dienone is 6. The molecule has 6 heteroatoms. The van der Waals surface area contributed by atoms with Gasteiger partial charge in [0.1, 0.15) is 13.2 Å². The molecule has 0 spiro atoms. The zero-order valence-electron chi connectivity index (χ0n) is 52.7. The molecule has 0 aromatic rings. The first-order valence-electron chi connectivity index (χ1n) is 35.0. The summed E-state index contributed by atoms with van der Waals surface area (Å²) < 4.78 is 17.0. The summed E-state index contributed by atoms with van der Waals surface area (Å²) in [5, 5.41) is 0. The lowest BCUT2D eigenvalue weighted by Crippen LogP contribution is -2.30. The third-order valence-electron chi connectivity index (χ3n) is 15.9. The van der Waals surface area contributed by atoms with Crippen molar-refractivity contribution in [1.29, 1.82) is 0 Å². The highest BCUT2D eigenvalue weighted by Crippen LogP contribution is 2.18. The second-order valence-corrected chi connectivity index (χ2v) is 23.8. The Morgan fingerprint density at radius 2 is 0.462 bits per heavy atom. The van der Waals surface area contributed by atoms with Crippen molar-refractivity contribution in [2.75, 3.05) is 13.2 Å². The van der Waals surface area contributed by atoms with Crippen molar-refractivity contribution in [1.82, 2.24) is 0 Å². The minimum atomic E-state index is -0.771. The molecule has 0 amide bonds. The lowest BCUT2D eigenvalue weighted by molar-refractivity contribution is -0.167. The smallest absolute Gasteiger partial charge is 0.306 e. The van der Waals surface area contributed by atoms with Crippen LogP contribution in [0.4, 0.5) is 0 Å². The van der Waals surface area contributed by atoms with Gasteiger partial charge in [-0.25, -0.2) is 0 Å². The van der Waals surface area contributed by atoms with E-state index >= 15 is 0 Å². The Bertz CT molecular complexity index is 1300. The van der Waals surface area contributed by atoms with Crippen molar-refractivity contribution in [3.8, 4) is 0 Å². The first-order chi connectivity index (χ1) is 38.5. The first-order valence-corrected chi connectivity index (χ1v) is 35.0. The first kappa shape index (κ1) is 75.6. The number of carbonyl (C=O) groups is 3. The molecule has 0 bridgehead atoms. The number of ether oxygens (including phenoxy) is 3. The summed E-state index contributed by atoms with van der Waals surface area (Å²) in [5.74, 6) is -0.841. The molecule has 6 nitrogen and oxygen atoms in total. The third kappa shape index (κ3) is 64.5. The molecule has 0 aliphatic heterocycles. The predicted octanol–water partition coefficient (Wildman–Crippen LogP) is 23.9. The monoisotopic (exact) mass is 1100 g/mol. The molecular formula is C72H134O6. The van der Waals surface area contributed by atoms with E-state index in [-0.39, 0.29) is 31.1 Å². The number of esters is 3. The fraction of sp³-hybridized carbons (Fsp3) is 0.875. The molecule has 78 heavy (non-hydrogen) atoms. The Hall–Kier alpha value is -2.37. The van der Waals surface area contributed by atoms with Gasteiger partial charge in [0.15, 0.2) is 6.10 Å². The Morgan fingerprint density at radius 1 is 0.256 bits per heavy atom. The van der Waals surface area contributed by atoms with Gasteiger partial charge in [0, 0.05) is 19.3 Å². The van der Waals surface area contributed by atoms with Crippen LogP contribution in [0, 0.1) is 0 Å². The van der Waals surface area contributed by atoms with Crippen LogP contribution in [0.15, 0.2) is 36.5 Å². The Kier molecular flexibility index (Phi) is 65.1. The molecule has 0 aliphatic carbocycles. The second kappa shape index (κ2) is 67.1. The van der Waals surface area contributed by atoms with Gasteiger partial charge in [0.2, 0.25) is 0 Å². The maximum Gasteiger partial charge on any atom is 0.306 e. The van der Waals surface area contributed by atoms with Gasteiger partial charge < -0.3 is 14.2 Å². The van der Waals surface area contributed by atoms with Crippen LogP contribution in [0.2, 0.25) is 0 Å². The molecule has 0 N–H and O–H groups in total. The van der Waals surface area contributed by atoms with E-state index in [1.165, 1.54) is 283 Å². The molecule has 0 aliphatic rings. The van der Waals surface area contributed by atoms with E-state index in [1.54, 1.807) is 0 Å². The summed E-state index contributed by atoms with van der Waals surface area (Å²) in [7, 11) is 0. The summed E-state index contributed by atoms with van der Waals surface area (Å²) in [6.45, 7) is 6.70. The van der Waals surface area contributed by atoms with E-state index in [9.17, 15) is 14.4 Å². The molecule has 0 saturated carbocycles. The predicted molar refractivity (Wildman–Crippen MR) is 339 cm³/mol. The van der Waals surface area contributed by atoms with Crippen molar-refractivity contribution in [3.63, 3.8) is 0 Å². The van der Waals surface area contributed by atoms with Gasteiger partial charge in [-0.2, -0.15) is 0 Å². The van der Waals surface area contributed by atoms with Gasteiger partial charge in [-0.3, -0.25) is 14.4 Å². The van der Waals surface area contributed by atoms with Crippen LogP contribution in [-0.2, 0) is 28.6 Å². The highest BCUT2D eigenvalue weighted by Gasteiger charge is 2.19. The fourth-order valence-corrected chi connectivity index (χ4v) is 10.6. The average Bonchev–Trinajstić information content (AvgIpc) is 3.44. The van der Waals surface area contributed by atoms with E-state index < -0.39 is 6.10 Å². The molecule has 0 rings (SSSR count). The molecule has 0 fully saturated rings. The van der Waals surface area contributed by atoms with Gasteiger partial charge in [0.05, 0.1) is 0 Å². The molecule has 0 heterocycles. The molecule has 0 radical (unpaired) electrons. The number of rotatable bonds is 65. The molecular weight excluding hydrogens is 961 g/mol. The summed E-state index contributed by atoms with van der Waals surface area (Å²) in [6, 6.07) is 0. The van der Waals surface area contributed by atoms with Gasteiger partial charge in [-0.05, 0) is 77.0 Å². The highest BCUT2D eigenvalue weighted by atomic mass is 16.6. The Morgan fingerprint density at radius 3 is 0.718 bits per heavy atom. The number of carbonyl (C=O) groups excluding carboxylic acids is 3. The topological polar surface area (TPSA) is 78.9 Å². The molecule has 0 aromatic carbocycles. The number of hydrogen-bond acceptors (Lipinski definition) is 6. The Balaban J connectivity index is 4.23. The van der Waals surface area contributed by atoms with E-state index in [4.69, 9.17) is 14.2 Å². The van der Waals surface area contributed by atoms with E-state index in [1.807, 2.05) is 0 Å². The maximum absolute atomic E-state index is 12.9. The van der Waals surface area contributed by atoms with Gasteiger partial charge in [0.25, 0.3) is 0 Å². The Labute approximate surface area is 486 Å². The molecule has 1 unspecified atom stereocenters. The average molecular weight is 1100 g/mol. The van der Waals surface area contributed by atoms with Crippen molar-refractivity contribution >= 4 is 17.9 Å². The highest BCUT2D eigenvalue weighted by molar-refractivity contribution is 5.71. The maximum atomic E-state index is 12.9. The SMILES string of the molecule is CCCCCCC/C=C\C/C=C\CCCCCCCCCCCCCCCCCC(=O)OCC(COC(=O)CCCCCCCCCCCCCCCC)OC(=O)CCCCCCCCCCC/C=C\CCCCCCCC. The molecule has 0 aromatic heterocycles. The van der Waals surface area contributed by atoms with Crippen LogP contribution >= 0.6 is 0 Å². The van der Waals surface area contributed by atoms with Gasteiger partial charge >= 0.3 is 17.9 Å². The van der Waals surface area contributed by atoms with E-state index in [0.29, 0.717) is 19.3 Å². The van der Waals surface area contributed by atoms with E-state index in [2.05, 4.69) is 57.2 Å². The number of hydrogen-bond donors (Lipinski definition) is 0. The van der Waals surface area contributed by atoms with Crippen LogP contribution in [0.25, 0.3) is 0 Å². The quantitative estimate of drug-likeness (QED) is 0.0261. The summed E-state index contributed by atoms with van der Waals surface area (Å²) in [4.78, 5) is 38.4. The summed E-state index contributed by atoms with van der Waals surface area (Å²) >= 11 is 0. The largest absolute Gasteiger partial charge is 0.462 e. The zero-order chi connectivity index (χ0) is 56.4. The van der Waals surface area contributed by atoms with Crippen LogP contribution in [0.3, 0.4) is 0 Å². The summed E-state index contributed by atoms with van der Waals surface area (Å²) in [5.41, 5.74) is 0. The van der Waals surface area contributed by atoms with Gasteiger partial charge in [-0.15, -0.1) is 0 Å². The molecule has 458 valence electrons.